The lowest BCUT2D eigenvalue weighted by Crippen LogP contribution is -1.84. The number of carboxylic acid groups (broad SMARTS) is 1. The van der Waals surface area contributed by atoms with Crippen molar-refractivity contribution in [1.82, 2.24) is 0 Å². The summed E-state index contributed by atoms with van der Waals surface area (Å²) in [5.41, 5.74) is 0. The van der Waals surface area contributed by atoms with E-state index in [-0.39, 0.29) is 0 Å². The fourth-order valence-electron chi connectivity index (χ4n) is 0.504. The molecule has 3 nitrogen and oxygen atoms in total. The van der Waals surface area contributed by atoms with Gasteiger partial charge in [-0.25, -0.2) is 4.79 Å². The van der Waals surface area contributed by atoms with Crippen LogP contribution in [0.2, 0.25) is 0 Å². The Hall–Kier alpha value is -1.90. The molecule has 0 radical (unpaired) electrons. The molecule has 0 spiro atoms. The van der Waals surface area contributed by atoms with Crippen molar-refractivity contribution < 1.29 is 14.7 Å². The van der Waals surface area contributed by atoms with E-state index >= 15 is 0 Å². The Kier molecular flexibility index (Phi) is 7.00. The van der Waals surface area contributed by atoms with Gasteiger partial charge in [0.25, 0.3) is 0 Å². The quantitative estimate of drug-likeness (QED) is 0.394. The molecule has 13 heavy (non-hydrogen) atoms. The maximum absolute atomic E-state index is 9.98. The molecule has 0 saturated heterocycles. The second kappa shape index (κ2) is 8.20. The van der Waals surface area contributed by atoms with Crippen LogP contribution in [0, 0.1) is 0 Å². The van der Waals surface area contributed by atoms with Crippen molar-refractivity contribution in [3.05, 3.63) is 48.6 Å². The highest BCUT2D eigenvalue weighted by molar-refractivity contribution is 5.80. The Morgan fingerprint density at radius 1 is 0.846 bits per heavy atom. The molecule has 3 heteroatoms. The van der Waals surface area contributed by atoms with Crippen LogP contribution in [0.15, 0.2) is 48.6 Å². The predicted octanol–water partition coefficient (Wildman–Crippen LogP) is 1.49. The molecule has 0 rings (SSSR count). The summed E-state index contributed by atoms with van der Waals surface area (Å²) >= 11 is 0. The average Bonchev–Trinajstić information content (AvgIpc) is 2.09. The monoisotopic (exact) mass is 178 g/mol. The van der Waals surface area contributed by atoms with Crippen molar-refractivity contribution in [2.24, 2.45) is 0 Å². The molecular formula is C10H10O3. The first kappa shape index (κ1) is 11.1. The zero-order chi connectivity index (χ0) is 9.94. The van der Waals surface area contributed by atoms with Crippen molar-refractivity contribution in [3.8, 4) is 0 Å². The van der Waals surface area contributed by atoms with E-state index in [1.807, 2.05) is 0 Å². The maximum atomic E-state index is 9.98. The van der Waals surface area contributed by atoms with Crippen LogP contribution < -0.4 is 0 Å². The van der Waals surface area contributed by atoms with E-state index in [1.54, 1.807) is 30.4 Å². The van der Waals surface area contributed by atoms with E-state index in [0.717, 1.165) is 6.08 Å². The maximum Gasteiger partial charge on any atom is 0.328 e. The number of carbonyl (C=O) groups is 2. The third-order valence-electron chi connectivity index (χ3n) is 0.984. The Morgan fingerprint density at radius 2 is 1.31 bits per heavy atom. The van der Waals surface area contributed by atoms with Crippen LogP contribution in [-0.2, 0) is 9.59 Å². The third-order valence-corrected chi connectivity index (χ3v) is 0.984. The van der Waals surface area contributed by atoms with Gasteiger partial charge in [0.1, 0.15) is 6.29 Å². The number of hydrogen-bond donors (Lipinski definition) is 1. The van der Waals surface area contributed by atoms with Gasteiger partial charge in [-0.3, -0.25) is 4.79 Å². The Bertz CT molecular complexity index is 270. The number of carboxylic acids is 1. The largest absolute Gasteiger partial charge is 0.478 e. The molecule has 1 N–H and O–H groups in total. The number of aliphatic carboxylic acids is 1. The van der Waals surface area contributed by atoms with Crippen molar-refractivity contribution in [3.63, 3.8) is 0 Å². The molecule has 0 saturated carbocycles. The molecular weight excluding hydrogens is 168 g/mol. The smallest absolute Gasteiger partial charge is 0.328 e. The Labute approximate surface area is 76.4 Å². The normalized spacial score (nSPS) is 12.3. The summed E-state index contributed by atoms with van der Waals surface area (Å²) in [5.74, 6) is -0.977. The van der Waals surface area contributed by atoms with E-state index in [9.17, 15) is 9.59 Å². The highest BCUT2D eigenvalue weighted by Gasteiger charge is 1.78. The number of aldehydes is 1. The summed E-state index contributed by atoms with van der Waals surface area (Å²) in [5, 5.41) is 8.20. The Balaban J connectivity index is 3.75. The highest BCUT2D eigenvalue weighted by atomic mass is 16.4. The van der Waals surface area contributed by atoms with Gasteiger partial charge in [-0.2, -0.15) is 0 Å². The number of rotatable bonds is 5. The topological polar surface area (TPSA) is 54.4 Å². The first-order valence-corrected chi connectivity index (χ1v) is 3.62. The van der Waals surface area contributed by atoms with Crippen molar-refractivity contribution in [2.45, 2.75) is 0 Å². The molecule has 0 aromatic rings. The first-order chi connectivity index (χ1) is 6.27. The molecule has 0 heterocycles. The van der Waals surface area contributed by atoms with Crippen LogP contribution in [0.4, 0.5) is 0 Å². The summed E-state index contributed by atoms with van der Waals surface area (Å²) in [6.45, 7) is 0. The second-order valence-electron chi connectivity index (χ2n) is 1.99. The number of hydrogen-bond acceptors (Lipinski definition) is 2. The Morgan fingerprint density at radius 3 is 1.77 bits per heavy atom. The van der Waals surface area contributed by atoms with Crippen molar-refractivity contribution in [1.29, 1.82) is 0 Å². The fraction of sp³-hybridized carbons (Fsp3) is 0. The van der Waals surface area contributed by atoms with Crippen LogP contribution >= 0.6 is 0 Å². The number of carbonyl (C=O) groups excluding carboxylic acids is 1. The van der Waals surface area contributed by atoms with Gasteiger partial charge >= 0.3 is 5.97 Å². The molecule has 0 bridgehead atoms. The molecule has 0 aliphatic rings. The molecule has 0 aliphatic carbocycles. The summed E-state index contributed by atoms with van der Waals surface area (Å²) in [6.07, 6.45) is 12.7. The third kappa shape index (κ3) is 10.1. The van der Waals surface area contributed by atoms with Gasteiger partial charge in [-0.05, 0) is 6.08 Å². The second-order valence-corrected chi connectivity index (χ2v) is 1.99. The lowest BCUT2D eigenvalue weighted by molar-refractivity contribution is -0.131. The van der Waals surface area contributed by atoms with Gasteiger partial charge in [-0.1, -0.05) is 36.5 Å². The standard InChI is InChI=1S/C10H10O3/c11-9-7-5-3-1-2-4-6-8-10(12)13/h1-9H,(H,12,13). The van der Waals surface area contributed by atoms with E-state index in [2.05, 4.69) is 0 Å². The summed E-state index contributed by atoms with van der Waals surface area (Å²) in [6, 6.07) is 0. The average molecular weight is 178 g/mol. The first-order valence-electron chi connectivity index (χ1n) is 3.62. The molecule has 0 fully saturated rings. The fourth-order valence-corrected chi connectivity index (χ4v) is 0.504. The van der Waals surface area contributed by atoms with Gasteiger partial charge in [-0.15, -0.1) is 0 Å². The molecule has 0 aromatic carbocycles. The van der Waals surface area contributed by atoms with Gasteiger partial charge < -0.3 is 5.11 Å². The zero-order valence-corrected chi connectivity index (χ0v) is 6.96. The molecule has 68 valence electrons. The van der Waals surface area contributed by atoms with Crippen LogP contribution in [0.1, 0.15) is 0 Å². The predicted molar refractivity (Wildman–Crippen MR) is 50.3 cm³/mol. The van der Waals surface area contributed by atoms with Crippen LogP contribution in [0.25, 0.3) is 0 Å². The van der Waals surface area contributed by atoms with E-state index < -0.39 is 5.97 Å². The van der Waals surface area contributed by atoms with Gasteiger partial charge in [0, 0.05) is 6.08 Å². The minimum Gasteiger partial charge on any atom is -0.478 e. The van der Waals surface area contributed by atoms with Crippen molar-refractivity contribution >= 4 is 12.3 Å². The highest BCUT2D eigenvalue weighted by Crippen LogP contribution is 1.81. The van der Waals surface area contributed by atoms with Crippen molar-refractivity contribution in [2.75, 3.05) is 0 Å². The molecule has 0 aromatic heterocycles. The number of allylic oxidation sites excluding steroid dienone is 7. The van der Waals surface area contributed by atoms with Gasteiger partial charge in [0.15, 0.2) is 0 Å². The van der Waals surface area contributed by atoms with E-state index in [0.29, 0.717) is 6.29 Å². The summed E-state index contributed by atoms with van der Waals surface area (Å²) in [7, 11) is 0. The minimum atomic E-state index is -0.977. The minimum absolute atomic E-state index is 0.679. The summed E-state index contributed by atoms with van der Waals surface area (Å²) < 4.78 is 0. The van der Waals surface area contributed by atoms with Gasteiger partial charge in [0.2, 0.25) is 0 Å². The molecule has 0 amide bonds. The zero-order valence-electron chi connectivity index (χ0n) is 6.96. The SMILES string of the molecule is O=CC=CC=CC=CC=CC(=O)O. The van der Waals surface area contributed by atoms with Crippen LogP contribution in [0.5, 0.6) is 0 Å². The van der Waals surface area contributed by atoms with Crippen LogP contribution in [-0.4, -0.2) is 17.4 Å². The van der Waals surface area contributed by atoms with E-state index in [1.165, 1.54) is 12.2 Å². The molecule has 0 unspecified atom stereocenters. The lowest BCUT2D eigenvalue weighted by Gasteiger charge is -1.74. The summed E-state index contributed by atoms with van der Waals surface area (Å²) in [4.78, 5) is 19.8. The van der Waals surface area contributed by atoms with Crippen LogP contribution in [0.3, 0.4) is 0 Å². The molecule has 0 atom stereocenters. The molecule has 0 aliphatic heterocycles. The lowest BCUT2D eigenvalue weighted by atomic mass is 10.4. The van der Waals surface area contributed by atoms with E-state index in [4.69, 9.17) is 5.11 Å². The van der Waals surface area contributed by atoms with Gasteiger partial charge in [0.05, 0.1) is 0 Å².